The van der Waals surface area contributed by atoms with Crippen LogP contribution in [0.15, 0.2) is 36.7 Å². The number of morpholine rings is 1. The molecule has 1 fully saturated rings. The van der Waals surface area contributed by atoms with E-state index in [2.05, 4.69) is 15.3 Å². The minimum atomic E-state index is -0.499. The van der Waals surface area contributed by atoms with Crippen molar-refractivity contribution in [1.29, 1.82) is 0 Å². The Morgan fingerprint density at radius 3 is 2.86 bits per heavy atom. The number of carbonyl (C=O) groups is 1. The number of aromatic nitrogens is 2. The van der Waals surface area contributed by atoms with Crippen LogP contribution in [0.4, 0.5) is 15.9 Å². The zero-order valence-electron chi connectivity index (χ0n) is 19.4. The number of hydrogen-bond donors (Lipinski definition) is 1. The van der Waals surface area contributed by atoms with Crippen molar-refractivity contribution in [2.24, 2.45) is 0 Å². The van der Waals surface area contributed by atoms with Crippen molar-refractivity contribution in [3.05, 3.63) is 47.5 Å². The van der Waals surface area contributed by atoms with Crippen LogP contribution in [0.2, 0.25) is 5.02 Å². The number of methoxy groups -OCH3 is 2. The van der Waals surface area contributed by atoms with E-state index in [4.69, 9.17) is 30.5 Å². The summed E-state index contributed by atoms with van der Waals surface area (Å²) < 4.78 is 35.4. The lowest BCUT2D eigenvalue weighted by Gasteiger charge is -2.31. The quantitative estimate of drug-likeness (QED) is 0.326. The average Bonchev–Trinajstić information content (AvgIpc) is 2.84. The largest absolute Gasteiger partial charge is 0.493 e. The van der Waals surface area contributed by atoms with Crippen LogP contribution < -0.4 is 14.8 Å². The first-order valence-corrected chi connectivity index (χ1v) is 11.4. The molecule has 1 aliphatic heterocycles. The van der Waals surface area contributed by atoms with Crippen molar-refractivity contribution in [3.63, 3.8) is 0 Å². The summed E-state index contributed by atoms with van der Waals surface area (Å²) in [5.41, 5.74) is 1.23. The number of nitrogens with one attached hydrogen (secondary N) is 1. The summed E-state index contributed by atoms with van der Waals surface area (Å²) in [7, 11) is 3.14. The zero-order valence-corrected chi connectivity index (χ0v) is 20.2. The molecule has 1 aliphatic rings. The standard InChI is InChI=1S/C24H26ClFN4O5/c1-32-13-16-11-30(12-23(31)35-16)6-3-7-34-22-9-17-20(10-21(22)33-2)27-14-28-24(17)29-15-4-5-19(26)18(25)8-15/h4-5,8-10,14,16H,3,6-7,11-13H2,1-2H3,(H,27,28,29). The predicted octanol–water partition coefficient (Wildman–Crippen LogP) is 3.82. The van der Waals surface area contributed by atoms with Gasteiger partial charge in [0.15, 0.2) is 11.5 Å². The lowest BCUT2D eigenvalue weighted by atomic mass is 10.2. The van der Waals surface area contributed by atoms with Crippen molar-refractivity contribution >= 4 is 40.0 Å². The zero-order chi connectivity index (χ0) is 24.8. The first-order chi connectivity index (χ1) is 17.0. The van der Waals surface area contributed by atoms with Crippen LogP contribution in [0.1, 0.15) is 6.42 Å². The number of fused-ring (bicyclic) bond motifs is 1. The third kappa shape index (κ3) is 6.27. The van der Waals surface area contributed by atoms with E-state index in [1.54, 1.807) is 32.4 Å². The lowest BCUT2D eigenvalue weighted by molar-refractivity contribution is -0.162. The second-order valence-corrected chi connectivity index (χ2v) is 8.41. The van der Waals surface area contributed by atoms with E-state index in [9.17, 15) is 9.18 Å². The molecule has 9 nitrogen and oxygen atoms in total. The van der Waals surface area contributed by atoms with Gasteiger partial charge in [0.1, 0.15) is 24.1 Å². The maximum Gasteiger partial charge on any atom is 0.320 e. The molecule has 1 aromatic heterocycles. The minimum Gasteiger partial charge on any atom is -0.493 e. The van der Waals surface area contributed by atoms with E-state index in [1.165, 1.54) is 18.5 Å². The summed E-state index contributed by atoms with van der Waals surface area (Å²) in [6, 6.07) is 7.91. The van der Waals surface area contributed by atoms with Gasteiger partial charge in [0.25, 0.3) is 0 Å². The van der Waals surface area contributed by atoms with Crippen molar-refractivity contribution in [3.8, 4) is 11.5 Å². The van der Waals surface area contributed by atoms with Crippen LogP contribution in [0.5, 0.6) is 11.5 Å². The molecule has 0 spiro atoms. The van der Waals surface area contributed by atoms with E-state index in [1.807, 2.05) is 4.90 Å². The summed E-state index contributed by atoms with van der Waals surface area (Å²) in [5.74, 6) is 0.832. The number of cyclic esters (lactones) is 1. The van der Waals surface area contributed by atoms with Gasteiger partial charge >= 0.3 is 5.97 Å². The molecule has 3 aromatic rings. The number of nitrogens with zero attached hydrogens (tertiary/aromatic N) is 3. The number of esters is 1. The Balaban J connectivity index is 1.44. The number of benzene rings is 2. The normalized spacial score (nSPS) is 16.2. The Labute approximate surface area is 207 Å². The SMILES string of the molecule is COCC1CN(CCCOc2cc3c(Nc4ccc(F)c(Cl)c4)ncnc3cc2OC)CC(=O)O1. The Morgan fingerprint density at radius 1 is 1.23 bits per heavy atom. The van der Waals surface area contributed by atoms with E-state index < -0.39 is 5.82 Å². The summed E-state index contributed by atoms with van der Waals surface area (Å²) >= 11 is 5.90. The number of ether oxygens (including phenoxy) is 4. The molecular formula is C24H26ClFN4O5. The molecular weight excluding hydrogens is 479 g/mol. The number of carbonyl (C=O) groups excluding carboxylic acids is 1. The third-order valence-electron chi connectivity index (χ3n) is 5.44. The highest BCUT2D eigenvalue weighted by molar-refractivity contribution is 6.31. The second kappa shape index (κ2) is 11.5. The van der Waals surface area contributed by atoms with Gasteiger partial charge in [-0.25, -0.2) is 14.4 Å². The number of anilines is 2. The molecule has 1 unspecified atom stereocenters. The highest BCUT2D eigenvalue weighted by Crippen LogP contribution is 2.35. The Hall–Kier alpha value is -3.21. The Kier molecular flexibility index (Phi) is 8.17. The lowest BCUT2D eigenvalue weighted by Crippen LogP contribution is -2.47. The van der Waals surface area contributed by atoms with E-state index in [-0.39, 0.29) is 23.6 Å². The van der Waals surface area contributed by atoms with Gasteiger partial charge in [0.05, 0.1) is 37.4 Å². The molecule has 4 rings (SSSR count). The van der Waals surface area contributed by atoms with Gasteiger partial charge in [-0.2, -0.15) is 0 Å². The summed E-state index contributed by atoms with van der Waals surface area (Å²) in [5, 5.41) is 3.86. The molecule has 0 radical (unpaired) electrons. The van der Waals surface area contributed by atoms with Crippen LogP contribution in [0, 0.1) is 5.82 Å². The average molecular weight is 505 g/mol. The maximum absolute atomic E-state index is 13.5. The minimum absolute atomic E-state index is 0.00885. The first kappa shape index (κ1) is 24.9. The van der Waals surface area contributed by atoms with E-state index >= 15 is 0 Å². The number of rotatable bonds is 10. The molecule has 0 amide bonds. The molecule has 1 atom stereocenters. The van der Waals surface area contributed by atoms with Gasteiger partial charge in [-0.05, 0) is 30.7 Å². The van der Waals surface area contributed by atoms with Crippen LogP contribution in [-0.4, -0.2) is 74.0 Å². The molecule has 1 N–H and O–H groups in total. The maximum atomic E-state index is 13.5. The van der Waals surface area contributed by atoms with Gasteiger partial charge in [0, 0.05) is 37.3 Å². The van der Waals surface area contributed by atoms with Crippen LogP contribution >= 0.6 is 11.6 Å². The van der Waals surface area contributed by atoms with Gasteiger partial charge in [-0.3, -0.25) is 9.69 Å². The molecule has 0 aliphatic carbocycles. The van der Waals surface area contributed by atoms with E-state index in [0.717, 1.165) is 0 Å². The third-order valence-corrected chi connectivity index (χ3v) is 5.73. The molecule has 0 bridgehead atoms. The fourth-order valence-corrected chi connectivity index (χ4v) is 4.04. The summed E-state index contributed by atoms with van der Waals surface area (Å²) in [6.07, 6.45) is 1.86. The highest BCUT2D eigenvalue weighted by atomic mass is 35.5. The first-order valence-electron chi connectivity index (χ1n) is 11.0. The molecule has 2 aromatic carbocycles. The second-order valence-electron chi connectivity index (χ2n) is 8.00. The van der Waals surface area contributed by atoms with Gasteiger partial charge in [-0.15, -0.1) is 0 Å². The topological polar surface area (TPSA) is 95.0 Å². The van der Waals surface area contributed by atoms with Crippen molar-refractivity contribution in [2.45, 2.75) is 12.5 Å². The summed E-state index contributed by atoms with van der Waals surface area (Å²) in [6.45, 7) is 2.33. The molecule has 2 heterocycles. The van der Waals surface area contributed by atoms with Crippen LogP contribution in [0.25, 0.3) is 10.9 Å². The number of hydrogen-bond acceptors (Lipinski definition) is 9. The van der Waals surface area contributed by atoms with Gasteiger partial charge in [-0.1, -0.05) is 11.6 Å². The van der Waals surface area contributed by atoms with Gasteiger partial charge < -0.3 is 24.3 Å². The fraction of sp³-hybridized carbons (Fsp3) is 0.375. The van der Waals surface area contributed by atoms with Gasteiger partial charge in [0.2, 0.25) is 0 Å². The summed E-state index contributed by atoms with van der Waals surface area (Å²) in [4.78, 5) is 22.5. The Bertz CT molecular complexity index is 1200. The van der Waals surface area contributed by atoms with Crippen molar-refractivity contribution in [1.82, 2.24) is 14.9 Å². The molecule has 186 valence electrons. The van der Waals surface area contributed by atoms with Crippen molar-refractivity contribution in [2.75, 3.05) is 52.4 Å². The molecule has 1 saturated heterocycles. The van der Waals surface area contributed by atoms with Crippen molar-refractivity contribution < 1.29 is 28.1 Å². The molecule has 11 heteroatoms. The van der Waals surface area contributed by atoms with Crippen LogP contribution in [0.3, 0.4) is 0 Å². The fourth-order valence-electron chi connectivity index (χ4n) is 3.86. The Morgan fingerprint density at radius 2 is 2.09 bits per heavy atom. The van der Waals surface area contributed by atoms with E-state index in [0.29, 0.717) is 66.6 Å². The number of halogens is 2. The highest BCUT2D eigenvalue weighted by Gasteiger charge is 2.26. The molecule has 35 heavy (non-hydrogen) atoms. The molecule has 0 saturated carbocycles. The monoisotopic (exact) mass is 504 g/mol. The smallest absolute Gasteiger partial charge is 0.320 e. The predicted molar refractivity (Wildman–Crippen MR) is 129 cm³/mol. The van der Waals surface area contributed by atoms with Crippen LogP contribution in [-0.2, 0) is 14.3 Å².